The molecular formula is C55H47N2S+. The minimum absolute atomic E-state index is 0.0843. The van der Waals surface area contributed by atoms with E-state index in [0.717, 1.165) is 12.8 Å². The molecule has 282 valence electrons. The SMILES string of the molecule is C=C1c2cc(-c3ccc4c(c3)C3C=C5C(=CC3N4c3cc(-c4ccccc4)cc(-c4ccccc4)c3)C(C)(C)c3ccccc35)sc2-c2cccc[n+]2C1(CC)CC. The molecule has 0 radical (unpaired) electrons. The van der Waals surface area contributed by atoms with E-state index in [9.17, 15) is 0 Å². The van der Waals surface area contributed by atoms with Crippen molar-refractivity contribution in [1.82, 2.24) is 0 Å². The summed E-state index contributed by atoms with van der Waals surface area (Å²) in [5.74, 6) is 0.185. The summed E-state index contributed by atoms with van der Waals surface area (Å²) >= 11 is 1.91. The minimum atomic E-state index is -0.121. The molecule has 0 amide bonds. The van der Waals surface area contributed by atoms with Crippen molar-refractivity contribution in [2.24, 2.45) is 0 Å². The Labute approximate surface area is 346 Å². The highest BCUT2D eigenvalue weighted by molar-refractivity contribution is 7.19. The third-order valence-corrected chi connectivity index (χ3v) is 15.1. The standard InChI is InChI=1S/C55H47N2S/c1-6-55(7-2)35(3)43-33-52(58-53(43)50-24-16-17-27-56(50)55)38-25-26-49-45(31-38)46-32-44-42-22-14-15-23-47(42)54(4,5)48(44)34-51(46)57(49)41-29-39(36-18-10-8-11-19-36)28-40(30-41)37-20-12-9-13-21-37/h8-34,46,51H,3,6-7H2,1-2,4-5H3/q+1. The summed E-state index contributed by atoms with van der Waals surface area (Å²) in [6, 6.07) is 54.4. The van der Waals surface area contributed by atoms with Crippen molar-refractivity contribution in [3.63, 3.8) is 0 Å². The number of aromatic nitrogens is 1. The van der Waals surface area contributed by atoms with Gasteiger partial charge in [0.2, 0.25) is 5.69 Å². The fourth-order valence-electron chi connectivity index (χ4n) is 10.8. The van der Waals surface area contributed by atoms with Crippen LogP contribution >= 0.6 is 11.3 Å². The van der Waals surface area contributed by atoms with Crippen molar-refractivity contribution in [2.75, 3.05) is 4.90 Å². The van der Waals surface area contributed by atoms with Crippen LogP contribution in [0.25, 0.3) is 54.4 Å². The van der Waals surface area contributed by atoms with Crippen molar-refractivity contribution in [1.29, 1.82) is 0 Å². The maximum absolute atomic E-state index is 4.80. The van der Waals surface area contributed by atoms with Crippen LogP contribution in [0, 0.1) is 0 Å². The Morgan fingerprint density at radius 3 is 2.03 bits per heavy atom. The summed E-state index contributed by atoms with van der Waals surface area (Å²) in [6.45, 7) is 14.2. The first-order chi connectivity index (χ1) is 28.3. The van der Waals surface area contributed by atoms with Gasteiger partial charge in [0.15, 0.2) is 11.7 Å². The molecule has 4 aliphatic rings. The van der Waals surface area contributed by atoms with E-state index in [1.165, 1.54) is 93.6 Å². The summed E-state index contributed by atoms with van der Waals surface area (Å²) in [7, 11) is 0. The topological polar surface area (TPSA) is 7.12 Å². The number of rotatable bonds is 6. The average Bonchev–Trinajstić information content (AvgIpc) is 3.93. The molecule has 2 atom stereocenters. The molecule has 58 heavy (non-hydrogen) atoms. The molecule has 0 fully saturated rings. The zero-order valence-electron chi connectivity index (χ0n) is 33.7. The number of hydrogen-bond donors (Lipinski definition) is 0. The number of thiophene rings is 1. The molecule has 0 N–H and O–H groups in total. The normalized spacial score (nSPS) is 19.0. The van der Waals surface area contributed by atoms with Gasteiger partial charge in [-0.25, -0.2) is 0 Å². The molecule has 2 aromatic heterocycles. The van der Waals surface area contributed by atoms with Gasteiger partial charge in [0.25, 0.3) is 0 Å². The third kappa shape index (κ3) is 4.99. The molecule has 3 heteroatoms. The van der Waals surface area contributed by atoms with Gasteiger partial charge < -0.3 is 4.90 Å². The Morgan fingerprint density at radius 2 is 1.33 bits per heavy atom. The molecule has 0 saturated heterocycles. The van der Waals surface area contributed by atoms with E-state index >= 15 is 0 Å². The van der Waals surface area contributed by atoms with E-state index in [2.05, 4.69) is 201 Å². The highest BCUT2D eigenvalue weighted by Gasteiger charge is 2.49. The van der Waals surface area contributed by atoms with Gasteiger partial charge in [0.1, 0.15) is 4.88 Å². The fourth-order valence-corrected chi connectivity index (χ4v) is 12.0. The molecule has 0 saturated carbocycles. The maximum atomic E-state index is 4.80. The van der Waals surface area contributed by atoms with E-state index < -0.39 is 0 Å². The van der Waals surface area contributed by atoms with Crippen LogP contribution in [0.4, 0.5) is 11.4 Å². The zero-order chi connectivity index (χ0) is 39.3. The Kier molecular flexibility index (Phi) is 7.88. The molecule has 5 aromatic carbocycles. The van der Waals surface area contributed by atoms with Crippen LogP contribution in [0.1, 0.15) is 68.7 Å². The number of pyridine rings is 1. The highest BCUT2D eigenvalue weighted by Crippen LogP contribution is 2.58. The van der Waals surface area contributed by atoms with Gasteiger partial charge >= 0.3 is 0 Å². The van der Waals surface area contributed by atoms with E-state index in [0.29, 0.717) is 0 Å². The molecule has 2 nitrogen and oxygen atoms in total. The molecule has 0 spiro atoms. The molecular weight excluding hydrogens is 721 g/mol. The van der Waals surface area contributed by atoms with Gasteiger partial charge in [0.05, 0.1) is 6.04 Å². The van der Waals surface area contributed by atoms with Crippen molar-refractivity contribution < 1.29 is 4.57 Å². The van der Waals surface area contributed by atoms with Gasteiger partial charge in [-0.2, -0.15) is 4.57 Å². The van der Waals surface area contributed by atoms with E-state index in [1.807, 2.05) is 11.3 Å². The summed E-state index contributed by atoms with van der Waals surface area (Å²) in [5, 5.41) is 0. The number of allylic oxidation sites excluding steroid dienone is 3. The fraction of sp³-hybridized carbons (Fsp3) is 0.182. The predicted molar refractivity (Wildman–Crippen MR) is 244 cm³/mol. The first-order valence-corrected chi connectivity index (χ1v) is 21.7. The third-order valence-electron chi connectivity index (χ3n) is 13.9. The van der Waals surface area contributed by atoms with Gasteiger partial charge in [-0.3, -0.25) is 0 Å². The molecule has 2 aliphatic heterocycles. The van der Waals surface area contributed by atoms with Gasteiger partial charge in [0, 0.05) is 63.7 Å². The molecule has 4 heterocycles. The van der Waals surface area contributed by atoms with Crippen molar-refractivity contribution in [2.45, 2.75) is 63.5 Å². The number of anilines is 2. The first kappa shape index (κ1) is 35.2. The van der Waals surface area contributed by atoms with Gasteiger partial charge in [-0.15, -0.1) is 11.3 Å². The Bertz CT molecular complexity index is 2810. The average molecular weight is 768 g/mol. The minimum Gasteiger partial charge on any atom is -0.333 e. The summed E-state index contributed by atoms with van der Waals surface area (Å²) in [6.07, 6.45) is 9.51. The van der Waals surface area contributed by atoms with Crippen molar-refractivity contribution in [3.8, 4) is 43.3 Å². The Hall–Kier alpha value is -6.03. The summed E-state index contributed by atoms with van der Waals surface area (Å²) < 4.78 is 2.50. The second-order valence-corrected chi connectivity index (χ2v) is 18.1. The number of nitrogens with zero attached hydrogens (tertiary/aromatic N) is 2. The molecule has 2 unspecified atom stereocenters. The highest BCUT2D eigenvalue weighted by atomic mass is 32.1. The van der Waals surface area contributed by atoms with E-state index in [4.69, 9.17) is 6.58 Å². The molecule has 2 aliphatic carbocycles. The lowest BCUT2D eigenvalue weighted by Gasteiger charge is -2.33. The van der Waals surface area contributed by atoms with Crippen LogP contribution in [0.5, 0.6) is 0 Å². The van der Waals surface area contributed by atoms with Crippen LogP contribution < -0.4 is 9.47 Å². The van der Waals surface area contributed by atoms with Crippen LogP contribution in [-0.2, 0) is 11.0 Å². The lowest BCUT2D eigenvalue weighted by molar-refractivity contribution is -0.741. The number of fused-ring (bicyclic) bond motifs is 9. The monoisotopic (exact) mass is 767 g/mol. The molecule has 0 bridgehead atoms. The second kappa shape index (κ2) is 13.0. The summed E-state index contributed by atoms with van der Waals surface area (Å²) in [4.78, 5) is 5.26. The molecule has 11 rings (SSSR count). The van der Waals surface area contributed by atoms with Crippen molar-refractivity contribution >= 4 is 33.9 Å². The van der Waals surface area contributed by atoms with Crippen LogP contribution in [0.15, 0.2) is 176 Å². The number of hydrogen-bond acceptors (Lipinski definition) is 2. The Balaban J connectivity index is 1.11. The number of benzene rings is 5. The zero-order valence-corrected chi connectivity index (χ0v) is 34.5. The van der Waals surface area contributed by atoms with Gasteiger partial charge in [-0.1, -0.05) is 137 Å². The maximum Gasteiger partial charge on any atom is 0.223 e. The van der Waals surface area contributed by atoms with Crippen LogP contribution in [-0.4, -0.2) is 6.04 Å². The van der Waals surface area contributed by atoms with E-state index in [1.54, 1.807) is 0 Å². The van der Waals surface area contributed by atoms with Crippen molar-refractivity contribution in [3.05, 3.63) is 198 Å². The quantitative estimate of drug-likeness (QED) is 0.153. The largest absolute Gasteiger partial charge is 0.333 e. The molecule has 7 aromatic rings. The van der Waals surface area contributed by atoms with Crippen LogP contribution in [0.3, 0.4) is 0 Å². The van der Waals surface area contributed by atoms with E-state index in [-0.39, 0.29) is 22.9 Å². The first-order valence-electron chi connectivity index (χ1n) is 20.9. The Morgan fingerprint density at radius 1 is 0.655 bits per heavy atom. The van der Waals surface area contributed by atoms with Crippen LogP contribution in [0.2, 0.25) is 0 Å². The predicted octanol–water partition coefficient (Wildman–Crippen LogP) is 14.2. The second-order valence-electron chi connectivity index (χ2n) is 17.0. The lowest BCUT2D eigenvalue weighted by Crippen LogP contribution is -2.58. The summed E-state index contributed by atoms with van der Waals surface area (Å²) in [5.41, 5.74) is 19.3. The van der Waals surface area contributed by atoms with Gasteiger partial charge in [-0.05, 0) is 98.1 Å². The lowest BCUT2D eigenvalue weighted by atomic mass is 9.77. The smallest absolute Gasteiger partial charge is 0.223 e.